The summed E-state index contributed by atoms with van der Waals surface area (Å²) in [5.74, 6) is 0.0478. The Morgan fingerprint density at radius 2 is 1.73 bits per heavy atom. The summed E-state index contributed by atoms with van der Waals surface area (Å²) >= 11 is 14.0. The minimum absolute atomic E-state index is 0.143. The Balaban J connectivity index is 2.17. The van der Waals surface area contributed by atoms with Gasteiger partial charge in [0, 0.05) is 34.5 Å². The Labute approximate surface area is 191 Å². The fourth-order valence-electron chi connectivity index (χ4n) is 2.99. The molecule has 2 amide bonds. The van der Waals surface area contributed by atoms with Gasteiger partial charge < -0.3 is 10.2 Å². The highest BCUT2D eigenvalue weighted by Gasteiger charge is 2.29. The molecule has 0 unspecified atom stereocenters. The van der Waals surface area contributed by atoms with E-state index in [1.807, 2.05) is 13.8 Å². The maximum atomic E-state index is 13.1. The maximum Gasteiger partial charge on any atom is 0.242 e. The van der Waals surface area contributed by atoms with Crippen LogP contribution in [0.1, 0.15) is 31.4 Å². The van der Waals surface area contributed by atoms with Crippen LogP contribution in [0.15, 0.2) is 42.5 Å². The van der Waals surface area contributed by atoms with Crippen molar-refractivity contribution in [1.29, 1.82) is 0 Å². The van der Waals surface area contributed by atoms with Crippen LogP contribution >= 0.6 is 35.0 Å². The van der Waals surface area contributed by atoms with Crippen LogP contribution in [-0.4, -0.2) is 35.1 Å². The normalized spacial score (nSPS) is 11.8. The summed E-state index contributed by atoms with van der Waals surface area (Å²) in [5.41, 5.74) is 1.53. The molecule has 2 aromatic rings. The van der Waals surface area contributed by atoms with Crippen LogP contribution in [0.4, 0.5) is 4.39 Å². The van der Waals surface area contributed by atoms with Gasteiger partial charge >= 0.3 is 0 Å². The number of nitrogens with one attached hydrogen (secondary N) is 1. The molecule has 0 aliphatic rings. The lowest BCUT2D eigenvalue weighted by molar-refractivity contribution is -0.139. The molecule has 0 aliphatic heterocycles. The number of hydrogen-bond donors (Lipinski definition) is 1. The van der Waals surface area contributed by atoms with Crippen molar-refractivity contribution in [3.63, 3.8) is 0 Å². The topological polar surface area (TPSA) is 49.4 Å². The molecule has 8 heteroatoms. The van der Waals surface area contributed by atoms with Crippen molar-refractivity contribution < 1.29 is 14.0 Å². The van der Waals surface area contributed by atoms with Gasteiger partial charge in [-0.1, -0.05) is 48.3 Å². The van der Waals surface area contributed by atoms with Crippen LogP contribution in [0.5, 0.6) is 0 Å². The van der Waals surface area contributed by atoms with Crippen molar-refractivity contribution in [3.8, 4) is 0 Å². The number of carbonyl (C=O) groups excluding carboxylic acids is 2. The highest BCUT2D eigenvalue weighted by molar-refractivity contribution is 7.99. The molecule has 0 saturated carbocycles. The third-order valence-corrected chi connectivity index (χ3v) is 6.23. The number of hydrogen-bond acceptors (Lipinski definition) is 3. The van der Waals surface area contributed by atoms with Crippen molar-refractivity contribution in [2.75, 3.05) is 12.3 Å². The Kier molecular flexibility index (Phi) is 9.95. The number of carbonyl (C=O) groups is 2. The molecule has 0 fully saturated rings. The van der Waals surface area contributed by atoms with Gasteiger partial charge in [0.2, 0.25) is 11.8 Å². The molecule has 162 valence electrons. The summed E-state index contributed by atoms with van der Waals surface area (Å²) in [7, 11) is 0. The second-order valence-corrected chi connectivity index (χ2v) is 8.46. The molecule has 0 saturated heterocycles. The van der Waals surface area contributed by atoms with Gasteiger partial charge in [-0.25, -0.2) is 4.39 Å². The predicted octanol–water partition coefficient (Wildman–Crippen LogP) is 5.31. The van der Waals surface area contributed by atoms with E-state index in [9.17, 15) is 14.0 Å². The van der Waals surface area contributed by atoms with Crippen molar-refractivity contribution in [3.05, 3.63) is 69.5 Å². The highest BCUT2D eigenvalue weighted by atomic mass is 35.5. The lowest BCUT2D eigenvalue weighted by atomic mass is 10.1. The fraction of sp³-hybridized carbons (Fsp3) is 0.364. The molecule has 4 nitrogen and oxygen atoms in total. The minimum Gasteiger partial charge on any atom is -0.355 e. The van der Waals surface area contributed by atoms with Gasteiger partial charge in [-0.05, 0) is 43.2 Å². The Hall–Kier alpha value is -1.76. The van der Waals surface area contributed by atoms with E-state index in [1.165, 1.54) is 28.8 Å². The first-order valence-corrected chi connectivity index (χ1v) is 11.6. The first kappa shape index (κ1) is 24.5. The average molecular weight is 471 g/mol. The molecule has 2 rings (SSSR count). The molecule has 0 bridgehead atoms. The van der Waals surface area contributed by atoms with E-state index >= 15 is 0 Å². The monoisotopic (exact) mass is 470 g/mol. The van der Waals surface area contributed by atoms with E-state index in [0.717, 1.165) is 5.56 Å². The van der Waals surface area contributed by atoms with Crippen LogP contribution < -0.4 is 5.32 Å². The smallest absolute Gasteiger partial charge is 0.242 e. The van der Waals surface area contributed by atoms with E-state index in [2.05, 4.69) is 5.32 Å². The number of amides is 2. The first-order chi connectivity index (χ1) is 14.4. The van der Waals surface area contributed by atoms with Gasteiger partial charge in [-0.3, -0.25) is 9.59 Å². The second-order valence-electron chi connectivity index (χ2n) is 6.66. The highest BCUT2D eigenvalue weighted by Crippen LogP contribution is 2.27. The number of rotatable bonds is 10. The molecule has 0 heterocycles. The van der Waals surface area contributed by atoms with E-state index in [4.69, 9.17) is 23.2 Å². The second kappa shape index (κ2) is 12.2. The third kappa shape index (κ3) is 6.89. The Morgan fingerprint density at radius 3 is 2.30 bits per heavy atom. The average Bonchev–Trinajstić information content (AvgIpc) is 2.71. The number of benzene rings is 2. The zero-order valence-corrected chi connectivity index (χ0v) is 19.3. The van der Waals surface area contributed by atoms with Gasteiger partial charge in [0.15, 0.2) is 0 Å². The molecule has 0 aliphatic carbocycles. The van der Waals surface area contributed by atoms with Crippen LogP contribution in [-0.2, 0) is 21.9 Å². The standard InChI is InChI=1S/C22H25Cl2FN2O2S/c1-3-20(22(29)26-4-2)27(12-17-18(23)6-5-7-19(17)24)21(28)14-30-13-15-8-10-16(25)11-9-15/h5-11,20H,3-4,12-14H2,1-2H3,(H,26,29)/t20-/m1/s1. The molecule has 2 aromatic carbocycles. The van der Waals surface area contributed by atoms with Crippen LogP contribution in [0, 0.1) is 5.82 Å². The quantitative estimate of drug-likeness (QED) is 0.511. The summed E-state index contributed by atoms with van der Waals surface area (Å²) in [6.45, 7) is 4.31. The van der Waals surface area contributed by atoms with Gasteiger partial charge in [-0.15, -0.1) is 11.8 Å². The van der Waals surface area contributed by atoms with E-state index in [0.29, 0.717) is 34.3 Å². The summed E-state index contributed by atoms with van der Waals surface area (Å²) < 4.78 is 13.1. The zero-order chi connectivity index (χ0) is 22.1. The largest absolute Gasteiger partial charge is 0.355 e. The first-order valence-electron chi connectivity index (χ1n) is 9.69. The Morgan fingerprint density at radius 1 is 1.10 bits per heavy atom. The summed E-state index contributed by atoms with van der Waals surface area (Å²) in [4.78, 5) is 27.2. The molecule has 0 aromatic heterocycles. The summed E-state index contributed by atoms with van der Waals surface area (Å²) in [6.07, 6.45) is 0.461. The number of nitrogens with zero attached hydrogens (tertiary/aromatic N) is 1. The van der Waals surface area contributed by atoms with Gasteiger partial charge in [0.1, 0.15) is 11.9 Å². The Bertz CT molecular complexity index is 844. The molecule has 30 heavy (non-hydrogen) atoms. The zero-order valence-electron chi connectivity index (χ0n) is 17.0. The molecular formula is C22H25Cl2FN2O2S. The molecule has 1 atom stereocenters. The number of halogens is 3. The molecule has 0 spiro atoms. The van der Waals surface area contributed by atoms with Crippen molar-refractivity contribution in [2.24, 2.45) is 0 Å². The molecule has 1 N–H and O–H groups in total. The van der Waals surface area contributed by atoms with E-state index in [-0.39, 0.29) is 29.9 Å². The fourth-order valence-corrected chi connectivity index (χ4v) is 4.37. The van der Waals surface area contributed by atoms with Crippen LogP contribution in [0.2, 0.25) is 10.0 Å². The maximum absolute atomic E-state index is 13.1. The SMILES string of the molecule is CCNC(=O)[C@@H](CC)N(Cc1c(Cl)cccc1Cl)C(=O)CSCc1ccc(F)cc1. The van der Waals surface area contributed by atoms with Crippen LogP contribution in [0.3, 0.4) is 0 Å². The van der Waals surface area contributed by atoms with Crippen LogP contribution in [0.25, 0.3) is 0 Å². The number of thioether (sulfide) groups is 1. The van der Waals surface area contributed by atoms with Gasteiger partial charge in [0.25, 0.3) is 0 Å². The summed E-state index contributed by atoms with van der Waals surface area (Å²) in [5, 5.41) is 3.69. The van der Waals surface area contributed by atoms with Gasteiger partial charge in [-0.2, -0.15) is 0 Å². The van der Waals surface area contributed by atoms with E-state index < -0.39 is 6.04 Å². The molecule has 0 radical (unpaired) electrons. The van der Waals surface area contributed by atoms with Crippen molar-refractivity contribution in [2.45, 2.75) is 38.6 Å². The molecular weight excluding hydrogens is 446 g/mol. The lowest BCUT2D eigenvalue weighted by Gasteiger charge is -2.31. The van der Waals surface area contributed by atoms with Crippen molar-refractivity contribution >= 4 is 46.8 Å². The van der Waals surface area contributed by atoms with Crippen molar-refractivity contribution in [1.82, 2.24) is 10.2 Å². The summed E-state index contributed by atoms with van der Waals surface area (Å²) in [6, 6.07) is 10.7. The van der Waals surface area contributed by atoms with E-state index in [1.54, 1.807) is 30.3 Å². The third-order valence-electron chi connectivity index (χ3n) is 4.53. The number of likely N-dealkylation sites (N-methyl/N-ethyl adjacent to an activating group) is 1. The van der Waals surface area contributed by atoms with Gasteiger partial charge in [0.05, 0.1) is 5.75 Å². The lowest BCUT2D eigenvalue weighted by Crippen LogP contribution is -2.49. The minimum atomic E-state index is -0.629. The predicted molar refractivity (Wildman–Crippen MR) is 122 cm³/mol.